The highest BCUT2D eigenvalue weighted by Gasteiger charge is 2.57. The molecule has 0 amide bonds. The Morgan fingerprint density at radius 2 is 0.841 bits per heavy atom. The monoisotopic (exact) mass is 635 g/mol. The van der Waals surface area contributed by atoms with Crippen molar-refractivity contribution in [1.82, 2.24) is 0 Å². The Bertz CT molecular complexity index is 1090. The first kappa shape index (κ1) is 36.3. The lowest BCUT2D eigenvalue weighted by Crippen LogP contribution is -2.68. The van der Waals surface area contributed by atoms with Crippen molar-refractivity contribution in [3.63, 3.8) is 0 Å². The van der Waals surface area contributed by atoms with Gasteiger partial charge in [0.1, 0.15) is 37.8 Å². The minimum absolute atomic E-state index is 0.510. The Kier molecular flexibility index (Phi) is 13.4. The van der Waals surface area contributed by atoms with Gasteiger partial charge in [-0.25, -0.2) is 0 Å². The number of ether oxygens (including phenoxy) is 10. The van der Waals surface area contributed by atoms with Crippen LogP contribution in [0.5, 0.6) is 0 Å². The summed E-state index contributed by atoms with van der Waals surface area (Å²) in [4.78, 5) is 83.6. The predicted octanol–water partition coefficient (Wildman–Crippen LogP) is -1.44. The van der Waals surface area contributed by atoms with E-state index in [4.69, 9.17) is 53.1 Å². The van der Waals surface area contributed by atoms with Crippen LogP contribution in [0.15, 0.2) is 0 Å². The summed E-state index contributed by atoms with van der Waals surface area (Å²) in [6, 6.07) is 0. The molecule has 248 valence electrons. The minimum atomic E-state index is -1.76. The first-order valence-electron chi connectivity index (χ1n) is 13.3. The van der Waals surface area contributed by atoms with E-state index in [2.05, 4.69) is 0 Å². The van der Waals surface area contributed by atoms with Crippen molar-refractivity contribution in [1.29, 1.82) is 0 Å². The van der Waals surface area contributed by atoms with E-state index >= 15 is 0 Å². The van der Waals surface area contributed by atoms with Crippen LogP contribution in [0.4, 0.5) is 0 Å². The average molecular weight is 636 g/mol. The van der Waals surface area contributed by atoms with Gasteiger partial charge in [-0.05, 0) is 0 Å². The molecule has 2 N–H and O–H groups in total. The zero-order valence-electron chi connectivity index (χ0n) is 25.2. The second kappa shape index (κ2) is 16.3. The number of esters is 7. The third-order valence-corrected chi connectivity index (χ3v) is 5.96. The predicted molar refractivity (Wildman–Crippen MR) is 137 cm³/mol. The summed E-state index contributed by atoms with van der Waals surface area (Å²) in [5.74, 6) is -5.79. The fraction of sp³-hybridized carbons (Fsp3) is 0.731. The summed E-state index contributed by atoms with van der Waals surface area (Å²) in [6.45, 7) is 6.39. The maximum Gasteiger partial charge on any atom is 0.303 e. The summed E-state index contributed by atoms with van der Waals surface area (Å²) in [7, 11) is 0. The van der Waals surface area contributed by atoms with Crippen molar-refractivity contribution in [3.05, 3.63) is 0 Å². The molecular weight excluding hydrogens is 598 g/mol. The topological polar surface area (TPSA) is 238 Å². The molecule has 44 heavy (non-hydrogen) atoms. The first-order chi connectivity index (χ1) is 20.5. The van der Waals surface area contributed by atoms with Gasteiger partial charge >= 0.3 is 41.8 Å². The third-order valence-electron chi connectivity index (χ3n) is 5.96. The van der Waals surface area contributed by atoms with Gasteiger partial charge in [-0.2, -0.15) is 0 Å². The zero-order valence-corrected chi connectivity index (χ0v) is 25.2. The molecule has 0 aliphatic carbocycles. The summed E-state index contributed by atoms with van der Waals surface area (Å²) in [5.41, 5.74) is 6.07. The molecule has 2 fully saturated rings. The van der Waals surface area contributed by atoms with Crippen molar-refractivity contribution in [2.45, 2.75) is 110 Å². The molecule has 2 saturated heterocycles. The molecule has 0 radical (unpaired) electrons. The molecule has 18 heteroatoms. The second-order valence-corrected chi connectivity index (χ2v) is 9.76. The maximum atomic E-state index is 12.2. The molecule has 0 bridgehead atoms. The smallest absolute Gasteiger partial charge is 0.303 e. The number of hydrogen-bond donors (Lipinski definition) is 1. The molecule has 5 unspecified atom stereocenters. The highest BCUT2D eigenvalue weighted by molar-refractivity contribution is 5.69. The van der Waals surface area contributed by atoms with Gasteiger partial charge in [0, 0.05) is 48.5 Å². The second-order valence-electron chi connectivity index (χ2n) is 9.76. The van der Waals surface area contributed by atoms with Gasteiger partial charge in [-0.15, -0.1) is 0 Å². The summed E-state index contributed by atoms with van der Waals surface area (Å²) >= 11 is 0. The van der Waals surface area contributed by atoms with Crippen molar-refractivity contribution in [2.24, 2.45) is 5.73 Å². The molecule has 2 aliphatic rings. The third kappa shape index (κ3) is 10.7. The number of nitrogens with two attached hydrogens (primary N) is 1. The molecule has 10 atom stereocenters. The minimum Gasteiger partial charge on any atom is -0.463 e. The lowest BCUT2D eigenvalue weighted by Gasteiger charge is -2.48. The van der Waals surface area contributed by atoms with Crippen LogP contribution < -0.4 is 5.73 Å². The van der Waals surface area contributed by atoms with Crippen LogP contribution in [-0.2, 0) is 80.9 Å². The number of rotatable bonds is 11. The molecule has 0 aromatic rings. The van der Waals surface area contributed by atoms with Gasteiger partial charge in [0.25, 0.3) is 0 Å². The van der Waals surface area contributed by atoms with E-state index in [1.54, 1.807) is 0 Å². The van der Waals surface area contributed by atoms with Gasteiger partial charge in [0.2, 0.25) is 0 Å². The highest BCUT2D eigenvalue weighted by Crippen LogP contribution is 2.34. The van der Waals surface area contributed by atoms with Crippen LogP contribution in [0.25, 0.3) is 0 Å². The van der Waals surface area contributed by atoms with Crippen molar-refractivity contribution in [2.75, 3.05) is 13.2 Å². The number of hydrogen-bond acceptors (Lipinski definition) is 18. The average Bonchev–Trinajstić information content (AvgIpc) is 2.87. The maximum absolute atomic E-state index is 12.2. The SMILES string of the molecule is CC(=O)OCC1O[C@@H](N)C(OC(C)=O)C(OC(C)=O)[C@@H]1O[C@@H]1OC(COC(C)=O)[C@H](OC(C)=O)C(OC(C)=O)[C@@H]1OC(C)=O. The molecule has 18 nitrogen and oxygen atoms in total. The summed E-state index contributed by atoms with van der Waals surface area (Å²) in [6.07, 6.45) is -15.1. The van der Waals surface area contributed by atoms with E-state index in [0.29, 0.717) is 0 Å². The zero-order chi connectivity index (χ0) is 33.3. The van der Waals surface area contributed by atoms with Gasteiger partial charge in [0.15, 0.2) is 36.8 Å². The Balaban J connectivity index is 2.66. The van der Waals surface area contributed by atoms with Crippen molar-refractivity contribution < 1.29 is 80.9 Å². The summed E-state index contributed by atoms with van der Waals surface area (Å²) in [5, 5.41) is 0. The lowest BCUT2D eigenvalue weighted by molar-refractivity contribution is -0.344. The summed E-state index contributed by atoms with van der Waals surface area (Å²) < 4.78 is 54.8. The fourth-order valence-corrected chi connectivity index (χ4v) is 4.55. The largest absolute Gasteiger partial charge is 0.463 e. The molecule has 0 aromatic carbocycles. The van der Waals surface area contributed by atoms with E-state index in [0.717, 1.165) is 48.5 Å². The van der Waals surface area contributed by atoms with Crippen LogP contribution in [0.1, 0.15) is 48.5 Å². The van der Waals surface area contributed by atoms with E-state index in [1.807, 2.05) is 0 Å². The fourth-order valence-electron chi connectivity index (χ4n) is 4.55. The van der Waals surface area contributed by atoms with Crippen LogP contribution in [0, 0.1) is 0 Å². The van der Waals surface area contributed by atoms with Crippen LogP contribution in [0.3, 0.4) is 0 Å². The normalized spacial score (nSPS) is 31.5. The van der Waals surface area contributed by atoms with E-state index in [-0.39, 0.29) is 0 Å². The molecule has 0 aromatic heterocycles. The molecule has 2 rings (SSSR count). The van der Waals surface area contributed by atoms with Gasteiger partial charge in [0.05, 0.1) is 0 Å². The highest BCUT2D eigenvalue weighted by atomic mass is 16.8. The van der Waals surface area contributed by atoms with Gasteiger partial charge in [-0.1, -0.05) is 0 Å². The Hall–Kier alpha value is -3.87. The number of carbonyl (C=O) groups is 7. The molecule has 2 heterocycles. The van der Waals surface area contributed by atoms with Crippen LogP contribution in [-0.4, -0.2) is 116 Å². The van der Waals surface area contributed by atoms with Gasteiger partial charge < -0.3 is 53.1 Å². The lowest BCUT2D eigenvalue weighted by atomic mass is 9.95. The van der Waals surface area contributed by atoms with Crippen LogP contribution in [0.2, 0.25) is 0 Å². The Morgan fingerprint density at radius 1 is 0.477 bits per heavy atom. The van der Waals surface area contributed by atoms with Gasteiger partial charge in [-0.3, -0.25) is 33.6 Å². The Morgan fingerprint density at radius 3 is 1.27 bits per heavy atom. The molecule has 0 spiro atoms. The Labute approximate surface area is 251 Å². The van der Waals surface area contributed by atoms with Crippen LogP contribution >= 0.6 is 0 Å². The number of carbonyl (C=O) groups excluding carboxylic acids is 7. The van der Waals surface area contributed by atoms with E-state index in [1.165, 1.54) is 0 Å². The molecule has 0 saturated carbocycles. The van der Waals surface area contributed by atoms with Crippen molar-refractivity contribution in [3.8, 4) is 0 Å². The quantitative estimate of drug-likeness (QED) is 0.202. The molecular formula is C26H37NO17. The van der Waals surface area contributed by atoms with Crippen molar-refractivity contribution >= 4 is 41.8 Å². The first-order valence-corrected chi connectivity index (χ1v) is 13.3. The molecule has 2 aliphatic heterocycles. The van der Waals surface area contributed by atoms with E-state index < -0.39 is 116 Å². The van der Waals surface area contributed by atoms with E-state index in [9.17, 15) is 33.6 Å². The standard InChI is InChI=1S/C26H37NO17/c1-10(28)35-8-17-20(21(38-13(4)31)23(25(27)42-17)40-15(6)33)44-26-24(41-16(7)34)22(39-14(5)32)19(37-12(3)30)18(43-26)9-36-11(2)29/h17-26H,8-9,27H2,1-7H3/t17?,18?,19-,20+,21?,22?,23?,24-,25+,26-/m0/s1.